The third-order valence-electron chi connectivity index (χ3n) is 4.53. The zero-order chi connectivity index (χ0) is 25.1. The molecule has 0 aliphatic carbocycles. The van der Waals surface area contributed by atoms with Crippen LogP contribution in [0, 0.1) is 0 Å². The molecule has 33 heavy (non-hydrogen) atoms. The van der Waals surface area contributed by atoms with E-state index in [1.54, 1.807) is 30.3 Å². The van der Waals surface area contributed by atoms with Crippen molar-refractivity contribution < 1.29 is 34.2 Å². The number of hydrogen-bond donors (Lipinski definition) is 8. The molecule has 1 rings (SSSR count). The van der Waals surface area contributed by atoms with Gasteiger partial charge in [-0.25, -0.2) is 4.79 Å². The lowest BCUT2D eigenvalue weighted by atomic mass is 10.0. The zero-order valence-corrected chi connectivity index (χ0v) is 18.8. The molecule has 0 bridgehead atoms. The van der Waals surface area contributed by atoms with E-state index in [0.29, 0.717) is 5.56 Å². The molecular formula is C20H29N5O7S. The molecule has 12 nitrogen and oxygen atoms in total. The van der Waals surface area contributed by atoms with E-state index >= 15 is 0 Å². The van der Waals surface area contributed by atoms with Crippen molar-refractivity contribution >= 4 is 42.2 Å². The Morgan fingerprint density at radius 2 is 1.52 bits per heavy atom. The van der Waals surface area contributed by atoms with Gasteiger partial charge < -0.3 is 37.6 Å². The van der Waals surface area contributed by atoms with E-state index in [0.717, 1.165) is 0 Å². The summed E-state index contributed by atoms with van der Waals surface area (Å²) in [6.45, 7) is 1.19. The maximum atomic E-state index is 12.8. The second-order valence-electron chi connectivity index (χ2n) is 7.34. The van der Waals surface area contributed by atoms with Crippen molar-refractivity contribution in [2.24, 2.45) is 11.5 Å². The van der Waals surface area contributed by atoms with Crippen LogP contribution in [0.4, 0.5) is 0 Å². The molecule has 182 valence electrons. The van der Waals surface area contributed by atoms with Crippen molar-refractivity contribution in [2.45, 2.75) is 50.0 Å². The Bertz CT molecular complexity index is 852. The van der Waals surface area contributed by atoms with E-state index in [1.165, 1.54) is 6.92 Å². The van der Waals surface area contributed by atoms with Gasteiger partial charge in [-0.15, -0.1) is 0 Å². The minimum Gasteiger partial charge on any atom is -0.480 e. The number of primary amides is 1. The molecule has 1 aromatic carbocycles. The number of amides is 4. The van der Waals surface area contributed by atoms with Gasteiger partial charge in [-0.05, 0) is 12.5 Å². The molecule has 0 aromatic heterocycles. The number of carboxylic acids is 1. The molecule has 0 saturated carbocycles. The number of thiol groups is 1. The van der Waals surface area contributed by atoms with Crippen molar-refractivity contribution in [2.75, 3.05) is 5.75 Å². The quantitative estimate of drug-likeness (QED) is 0.138. The van der Waals surface area contributed by atoms with Crippen LogP contribution in [0.15, 0.2) is 30.3 Å². The molecule has 0 saturated heterocycles. The summed E-state index contributed by atoms with van der Waals surface area (Å²) in [4.78, 5) is 60.5. The van der Waals surface area contributed by atoms with Crippen LogP contribution in [0.2, 0.25) is 0 Å². The molecule has 0 radical (unpaired) electrons. The van der Waals surface area contributed by atoms with Crippen molar-refractivity contribution in [3.05, 3.63) is 35.9 Å². The zero-order valence-electron chi connectivity index (χ0n) is 17.9. The molecule has 1 aromatic rings. The van der Waals surface area contributed by atoms with Crippen molar-refractivity contribution in [1.29, 1.82) is 0 Å². The van der Waals surface area contributed by atoms with Gasteiger partial charge in [-0.1, -0.05) is 30.3 Å². The average Bonchev–Trinajstić information content (AvgIpc) is 2.75. The smallest absolute Gasteiger partial charge is 0.328 e. The number of carbonyl (C=O) groups is 5. The van der Waals surface area contributed by atoms with Gasteiger partial charge in [0.15, 0.2) is 6.04 Å². The van der Waals surface area contributed by atoms with E-state index < -0.39 is 66.3 Å². The van der Waals surface area contributed by atoms with E-state index in [1.807, 2.05) is 0 Å². The molecule has 13 heteroatoms. The van der Waals surface area contributed by atoms with Crippen molar-refractivity contribution in [3.8, 4) is 0 Å². The second kappa shape index (κ2) is 13.4. The lowest BCUT2D eigenvalue weighted by molar-refractivity contribution is -0.145. The minimum absolute atomic E-state index is 0.0221. The maximum absolute atomic E-state index is 12.8. The van der Waals surface area contributed by atoms with Crippen LogP contribution in [0.1, 0.15) is 18.9 Å². The van der Waals surface area contributed by atoms with Gasteiger partial charge in [0.05, 0.1) is 18.6 Å². The molecule has 0 spiro atoms. The average molecular weight is 484 g/mol. The number of carbonyl (C=O) groups excluding carboxylic acids is 4. The number of hydrogen-bond acceptors (Lipinski definition) is 8. The molecule has 0 fully saturated rings. The monoisotopic (exact) mass is 483 g/mol. The van der Waals surface area contributed by atoms with E-state index in [4.69, 9.17) is 11.5 Å². The summed E-state index contributed by atoms with van der Waals surface area (Å²) < 4.78 is 0. The Morgan fingerprint density at radius 3 is 2.00 bits per heavy atom. The van der Waals surface area contributed by atoms with Gasteiger partial charge in [0.2, 0.25) is 23.6 Å². The highest BCUT2D eigenvalue weighted by Gasteiger charge is 2.32. The fourth-order valence-electron chi connectivity index (χ4n) is 2.75. The first-order chi connectivity index (χ1) is 15.5. The SMILES string of the molecule is CC(O)C(NC(=O)C(Cc1ccccc1)NC(=O)C(CC(N)=O)NC(=O)C(N)CS)C(=O)O. The molecular weight excluding hydrogens is 454 g/mol. The van der Waals surface area contributed by atoms with Gasteiger partial charge in [0.1, 0.15) is 12.1 Å². The Balaban J connectivity index is 3.12. The number of nitrogens with one attached hydrogen (secondary N) is 3. The first-order valence-electron chi connectivity index (χ1n) is 9.96. The van der Waals surface area contributed by atoms with Crippen molar-refractivity contribution in [1.82, 2.24) is 16.0 Å². The first-order valence-corrected chi connectivity index (χ1v) is 10.6. The van der Waals surface area contributed by atoms with Crippen LogP contribution in [-0.4, -0.2) is 75.8 Å². The molecule has 0 heterocycles. The number of benzene rings is 1. The molecule has 0 aliphatic rings. The highest BCUT2D eigenvalue weighted by molar-refractivity contribution is 7.80. The summed E-state index contributed by atoms with van der Waals surface area (Å²) >= 11 is 3.90. The maximum Gasteiger partial charge on any atom is 0.328 e. The molecule has 4 amide bonds. The number of rotatable bonds is 13. The molecule has 5 unspecified atom stereocenters. The lowest BCUT2D eigenvalue weighted by Gasteiger charge is -2.25. The molecule has 0 aliphatic heterocycles. The number of nitrogens with two attached hydrogens (primary N) is 2. The van der Waals surface area contributed by atoms with Gasteiger partial charge in [-0.2, -0.15) is 12.6 Å². The Kier molecular flexibility index (Phi) is 11.3. The predicted molar refractivity (Wildman–Crippen MR) is 121 cm³/mol. The molecule has 5 atom stereocenters. The highest BCUT2D eigenvalue weighted by atomic mass is 32.1. The summed E-state index contributed by atoms with van der Waals surface area (Å²) in [6, 6.07) is 3.12. The second-order valence-corrected chi connectivity index (χ2v) is 7.70. The Morgan fingerprint density at radius 1 is 0.970 bits per heavy atom. The van der Waals surface area contributed by atoms with Crippen molar-refractivity contribution in [3.63, 3.8) is 0 Å². The van der Waals surface area contributed by atoms with E-state index in [-0.39, 0.29) is 12.2 Å². The first kappa shape index (κ1) is 27.9. The molecule has 9 N–H and O–H groups in total. The summed E-state index contributed by atoms with van der Waals surface area (Å²) in [5.41, 5.74) is 11.4. The fourth-order valence-corrected chi connectivity index (χ4v) is 2.91. The number of carboxylic acid groups (broad SMARTS) is 1. The van der Waals surface area contributed by atoms with Gasteiger partial charge in [0, 0.05) is 12.2 Å². The standard InChI is InChI=1S/C20H29N5O7S/c1-10(26)16(20(31)32)25-19(30)13(7-11-5-3-2-4-6-11)24-18(29)14(8-15(22)27)23-17(28)12(21)9-33/h2-6,10,12-14,16,26,33H,7-9,21H2,1H3,(H2,22,27)(H,23,28)(H,24,29)(H,25,30)(H,31,32). The Hall–Kier alpha value is -3.16. The summed E-state index contributed by atoms with van der Waals surface area (Å²) in [7, 11) is 0. The largest absolute Gasteiger partial charge is 0.480 e. The highest BCUT2D eigenvalue weighted by Crippen LogP contribution is 2.06. The van der Waals surface area contributed by atoms with Gasteiger partial charge in [0.25, 0.3) is 0 Å². The van der Waals surface area contributed by atoms with Gasteiger partial charge in [-0.3, -0.25) is 19.2 Å². The third-order valence-corrected chi connectivity index (χ3v) is 4.93. The van der Waals surface area contributed by atoms with Gasteiger partial charge >= 0.3 is 5.97 Å². The lowest BCUT2D eigenvalue weighted by Crippen LogP contribution is -2.59. The van der Waals surface area contributed by atoms with Crippen LogP contribution < -0.4 is 27.4 Å². The summed E-state index contributed by atoms with van der Waals surface area (Å²) in [5.74, 6) is -4.94. The summed E-state index contributed by atoms with van der Waals surface area (Å²) in [5, 5.41) is 25.8. The van der Waals surface area contributed by atoms with Crippen LogP contribution in [-0.2, 0) is 30.4 Å². The summed E-state index contributed by atoms with van der Waals surface area (Å²) in [6.07, 6.45) is -2.02. The fraction of sp³-hybridized carbons (Fsp3) is 0.450. The number of aliphatic hydroxyl groups excluding tert-OH is 1. The van der Waals surface area contributed by atoms with Crippen LogP contribution in [0.5, 0.6) is 0 Å². The predicted octanol–water partition coefficient (Wildman–Crippen LogP) is -2.72. The normalized spacial score (nSPS) is 15.3. The Labute approximate surface area is 195 Å². The van der Waals surface area contributed by atoms with Crippen LogP contribution >= 0.6 is 12.6 Å². The topological polar surface area (TPSA) is 214 Å². The minimum atomic E-state index is -1.62. The number of aliphatic carboxylic acids is 1. The number of aliphatic hydroxyl groups is 1. The van der Waals surface area contributed by atoms with Crippen LogP contribution in [0.25, 0.3) is 0 Å². The van der Waals surface area contributed by atoms with Crippen LogP contribution in [0.3, 0.4) is 0 Å². The van der Waals surface area contributed by atoms with E-state index in [9.17, 15) is 34.2 Å². The third kappa shape index (κ3) is 9.47. The van der Waals surface area contributed by atoms with E-state index in [2.05, 4.69) is 28.6 Å².